The molecule has 17 heavy (non-hydrogen) atoms. The van der Waals surface area contributed by atoms with E-state index >= 15 is 0 Å². The molecule has 1 aromatic carbocycles. The first-order chi connectivity index (χ1) is 7.78. The van der Waals surface area contributed by atoms with Crippen LogP contribution in [0.3, 0.4) is 0 Å². The number of aromatic nitrogens is 2. The fraction of sp³-hybridized carbons (Fsp3) is 0.222. The summed E-state index contributed by atoms with van der Waals surface area (Å²) in [6.07, 6.45) is -4.41. The van der Waals surface area contributed by atoms with E-state index in [-0.39, 0.29) is 20.8 Å². The van der Waals surface area contributed by atoms with Crippen LogP contribution in [0.4, 0.5) is 17.6 Å². The van der Waals surface area contributed by atoms with Gasteiger partial charge < -0.3 is 9.55 Å². The van der Waals surface area contributed by atoms with Gasteiger partial charge in [-0.2, -0.15) is 13.2 Å². The van der Waals surface area contributed by atoms with Crippen molar-refractivity contribution in [3.05, 3.63) is 27.7 Å². The smallest absolute Gasteiger partial charge is 0.330 e. The highest BCUT2D eigenvalue weighted by Gasteiger charge is 2.29. The Morgan fingerprint density at radius 2 is 2.00 bits per heavy atom. The van der Waals surface area contributed by atoms with Crippen LogP contribution in [0.25, 0.3) is 11.0 Å². The number of nitrogens with zero attached hydrogens (tertiary/aromatic N) is 1. The lowest BCUT2D eigenvalue weighted by Gasteiger charge is -2.08. The van der Waals surface area contributed by atoms with Gasteiger partial charge in [-0.05, 0) is 18.3 Å². The molecule has 0 radical (unpaired) electrons. The van der Waals surface area contributed by atoms with Gasteiger partial charge in [-0.3, -0.25) is 0 Å². The summed E-state index contributed by atoms with van der Waals surface area (Å²) in [6, 6.07) is 2.13. The van der Waals surface area contributed by atoms with Crippen LogP contribution in [-0.4, -0.2) is 15.7 Å². The molecule has 0 saturated heterocycles. The van der Waals surface area contributed by atoms with Crippen LogP contribution >= 0.6 is 23.8 Å². The van der Waals surface area contributed by atoms with E-state index in [0.717, 1.165) is 16.7 Å². The molecule has 92 valence electrons. The van der Waals surface area contributed by atoms with Gasteiger partial charge in [0.1, 0.15) is 12.4 Å². The monoisotopic (exact) mass is 284 g/mol. The van der Waals surface area contributed by atoms with Gasteiger partial charge >= 0.3 is 6.18 Å². The van der Waals surface area contributed by atoms with Crippen molar-refractivity contribution in [1.29, 1.82) is 0 Å². The highest BCUT2D eigenvalue weighted by atomic mass is 35.5. The highest BCUT2D eigenvalue weighted by molar-refractivity contribution is 7.71. The zero-order chi connectivity index (χ0) is 12.8. The molecule has 8 heteroatoms. The number of halogens is 5. The van der Waals surface area contributed by atoms with Crippen molar-refractivity contribution in [1.82, 2.24) is 9.55 Å². The van der Waals surface area contributed by atoms with Crippen molar-refractivity contribution in [3.63, 3.8) is 0 Å². The topological polar surface area (TPSA) is 20.7 Å². The molecule has 0 spiro atoms. The molecule has 0 bridgehead atoms. The lowest BCUT2D eigenvalue weighted by Crippen LogP contribution is -2.17. The second kappa shape index (κ2) is 3.99. The highest BCUT2D eigenvalue weighted by Crippen LogP contribution is 2.26. The molecular weight excluding hydrogens is 280 g/mol. The first kappa shape index (κ1) is 12.4. The Labute approximate surface area is 103 Å². The minimum atomic E-state index is -4.41. The molecule has 0 aliphatic rings. The van der Waals surface area contributed by atoms with Crippen LogP contribution in [-0.2, 0) is 6.54 Å². The number of nitrogens with one attached hydrogen (secondary N) is 1. The van der Waals surface area contributed by atoms with E-state index in [4.69, 9.17) is 23.8 Å². The summed E-state index contributed by atoms with van der Waals surface area (Å²) in [6.45, 7) is -1.24. The molecule has 0 aliphatic heterocycles. The Morgan fingerprint density at radius 3 is 2.59 bits per heavy atom. The number of hydrogen-bond donors (Lipinski definition) is 1. The Bertz CT molecular complexity index is 628. The summed E-state index contributed by atoms with van der Waals surface area (Å²) in [7, 11) is 0. The zero-order valence-electron chi connectivity index (χ0n) is 8.11. The zero-order valence-corrected chi connectivity index (χ0v) is 9.68. The van der Waals surface area contributed by atoms with Gasteiger partial charge in [0, 0.05) is 6.07 Å². The van der Waals surface area contributed by atoms with E-state index in [9.17, 15) is 17.6 Å². The number of alkyl halides is 3. The molecule has 1 heterocycles. The molecular formula is C9H5ClF4N2S. The maximum Gasteiger partial charge on any atom is 0.406 e. The Hall–Kier alpha value is -1.08. The predicted octanol–water partition coefficient (Wildman–Crippen LogP) is 4.05. The molecule has 1 N–H and O–H groups in total. The normalized spacial score (nSPS) is 12.3. The summed E-state index contributed by atoms with van der Waals surface area (Å²) in [5.41, 5.74) is 0.305. The summed E-state index contributed by atoms with van der Waals surface area (Å²) < 4.78 is 50.8. The fourth-order valence-corrected chi connectivity index (χ4v) is 1.92. The SMILES string of the molecule is Fc1cc2[nH]c(=S)n(CC(F)(F)F)c2cc1Cl. The number of rotatable bonds is 1. The molecule has 0 atom stereocenters. The largest absolute Gasteiger partial charge is 0.406 e. The van der Waals surface area contributed by atoms with Crippen molar-refractivity contribution >= 4 is 34.9 Å². The van der Waals surface area contributed by atoms with Crippen LogP contribution < -0.4 is 0 Å². The number of hydrogen-bond acceptors (Lipinski definition) is 1. The van der Waals surface area contributed by atoms with Crippen LogP contribution in [0.1, 0.15) is 0 Å². The van der Waals surface area contributed by atoms with E-state index < -0.39 is 18.5 Å². The van der Waals surface area contributed by atoms with Crippen molar-refractivity contribution in [3.8, 4) is 0 Å². The third-order valence-electron chi connectivity index (χ3n) is 2.15. The number of aromatic amines is 1. The molecule has 2 aromatic rings. The van der Waals surface area contributed by atoms with Gasteiger partial charge in [-0.25, -0.2) is 4.39 Å². The molecule has 0 fully saturated rings. The molecule has 0 saturated carbocycles. The van der Waals surface area contributed by atoms with Gasteiger partial charge in [0.25, 0.3) is 0 Å². The second-order valence-corrected chi connectivity index (χ2v) is 4.21. The van der Waals surface area contributed by atoms with Gasteiger partial charge in [0.15, 0.2) is 4.77 Å². The molecule has 2 nitrogen and oxygen atoms in total. The quantitative estimate of drug-likeness (QED) is 0.619. The molecule has 1 aromatic heterocycles. The summed E-state index contributed by atoms with van der Waals surface area (Å²) >= 11 is 10.3. The van der Waals surface area contributed by atoms with Crippen LogP contribution in [0, 0.1) is 10.6 Å². The number of benzene rings is 1. The van der Waals surface area contributed by atoms with Gasteiger partial charge in [0.05, 0.1) is 16.1 Å². The van der Waals surface area contributed by atoms with E-state index in [1.165, 1.54) is 0 Å². The van der Waals surface area contributed by atoms with Gasteiger partial charge in [-0.1, -0.05) is 11.6 Å². The first-order valence-corrected chi connectivity index (χ1v) is 5.21. The minimum absolute atomic E-state index is 0.124. The molecule has 0 unspecified atom stereocenters. The summed E-state index contributed by atoms with van der Waals surface area (Å²) in [5.74, 6) is -0.713. The van der Waals surface area contributed by atoms with Crippen LogP contribution in [0.2, 0.25) is 5.02 Å². The van der Waals surface area contributed by atoms with Crippen molar-refractivity contribution in [2.75, 3.05) is 0 Å². The number of H-pyrrole nitrogens is 1. The lowest BCUT2D eigenvalue weighted by molar-refractivity contribution is -0.140. The molecule has 2 rings (SSSR count). The fourth-order valence-electron chi connectivity index (χ4n) is 1.49. The van der Waals surface area contributed by atoms with E-state index in [2.05, 4.69) is 4.98 Å². The van der Waals surface area contributed by atoms with Gasteiger partial charge in [0.2, 0.25) is 0 Å². The van der Waals surface area contributed by atoms with E-state index in [1.54, 1.807) is 0 Å². The molecule has 0 amide bonds. The predicted molar refractivity (Wildman–Crippen MR) is 58.1 cm³/mol. The Balaban J connectivity index is 2.67. The Morgan fingerprint density at radius 1 is 1.35 bits per heavy atom. The maximum absolute atomic E-state index is 13.1. The standard InChI is InChI=1S/C9H5ClF4N2S/c10-4-1-7-6(2-5(4)11)15-8(17)16(7)3-9(12,13)14/h1-2H,3H2,(H,15,17). The Kier molecular flexibility index (Phi) is 2.90. The third kappa shape index (κ3) is 2.44. The third-order valence-corrected chi connectivity index (χ3v) is 2.77. The van der Waals surface area contributed by atoms with E-state index in [1.807, 2.05) is 0 Å². The second-order valence-electron chi connectivity index (χ2n) is 3.41. The summed E-state index contributed by atoms with van der Waals surface area (Å²) in [5, 5.41) is -0.248. The van der Waals surface area contributed by atoms with Crippen LogP contribution in [0.15, 0.2) is 12.1 Å². The average molecular weight is 285 g/mol. The van der Waals surface area contributed by atoms with Crippen molar-refractivity contribution in [2.45, 2.75) is 12.7 Å². The van der Waals surface area contributed by atoms with Crippen LogP contribution in [0.5, 0.6) is 0 Å². The van der Waals surface area contributed by atoms with Crippen molar-refractivity contribution < 1.29 is 17.6 Å². The lowest BCUT2D eigenvalue weighted by atomic mass is 10.3. The van der Waals surface area contributed by atoms with Gasteiger partial charge in [-0.15, -0.1) is 0 Å². The average Bonchev–Trinajstić information content (AvgIpc) is 2.43. The van der Waals surface area contributed by atoms with E-state index in [0.29, 0.717) is 0 Å². The molecule has 0 aliphatic carbocycles. The maximum atomic E-state index is 13.1. The number of fused-ring (bicyclic) bond motifs is 1. The van der Waals surface area contributed by atoms with Crippen molar-refractivity contribution in [2.24, 2.45) is 0 Å². The first-order valence-electron chi connectivity index (χ1n) is 4.42. The minimum Gasteiger partial charge on any atom is -0.330 e. The summed E-state index contributed by atoms with van der Waals surface area (Å²) in [4.78, 5) is 2.50. The number of imidazole rings is 1.